The minimum Gasteiger partial charge on any atom is -0.490 e. The molecule has 0 aliphatic rings. The maximum Gasteiger partial charge on any atom is 0.416 e. The summed E-state index contributed by atoms with van der Waals surface area (Å²) in [5.74, 6) is 1.27. The zero-order valence-electron chi connectivity index (χ0n) is 10.6. The van der Waals surface area contributed by atoms with Crippen LogP contribution in [0.1, 0.15) is 23.2 Å². The molecule has 0 amide bonds. The van der Waals surface area contributed by atoms with Gasteiger partial charge in [0.15, 0.2) is 0 Å². The molecule has 1 atom stereocenters. The predicted molar refractivity (Wildman–Crippen MR) is 65.3 cm³/mol. The number of aliphatic hydroxyl groups is 1. The first-order valence-corrected chi connectivity index (χ1v) is 5.91. The second-order valence-corrected chi connectivity index (χ2v) is 4.30. The van der Waals surface area contributed by atoms with Crippen LogP contribution in [0.3, 0.4) is 0 Å². The summed E-state index contributed by atoms with van der Waals surface area (Å²) in [6.07, 6.45) is -5.34. The quantitative estimate of drug-likeness (QED) is 0.931. The van der Waals surface area contributed by atoms with Crippen LogP contribution in [0.2, 0.25) is 0 Å². The first kappa shape index (κ1) is 14.5. The van der Waals surface area contributed by atoms with Crippen LogP contribution in [0.25, 0.3) is 0 Å². The number of rotatable bonds is 4. The smallest absolute Gasteiger partial charge is 0.416 e. The minimum atomic E-state index is -4.37. The molecular formula is C14H13F3O3. The Balaban J connectivity index is 1.94. The molecule has 2 rings (SSSR count). The van der Waals surface area contributed by atoms with Gasteiger partial charge in [-0.25, -0.2) is 0 Å². The Morgan fingerprint density at radius 2 is 1.80 bits per heavy atom. The lowest BCUT2D eigenvalue weighted by Gasteiger charge is -2.11. The Kier molecular flexibility index (Phi) is 4.04. The number of furan rings is 1. The molecule has 20 heavy (non-hydrogen) atoms. The number of benzene rings is 1. The molecule has 0 bridgehead atoms. The van der Waals surface area contributed by atoms with Crippen LogP contribution in [-0.4, -0.2) is 11.7 Å². The molecule has 1 aromatic carbocycles. The maximum atomic E-state index is 12.4. The Morgan fingerprint density at radius 3 is 2.30 bits per heavy atom. The van der Waals surface area contributed by atoms with Crippen LogP contribution in [-0.2, 0) is 6.18 Å². The molecule has 0 aliphatic carbocycles. The van der Waals surface area contributed by atoms with E-state index in [-0.39, 0.29) is 12.4 Å². The van der Waals surface area contributed by atoms with E-state index >= 15 is 0 Å². The number of halogens is 3. The van der Waals surface area contributed by atoms with Gasteiger partial charge in [0.2, 0.25) is 0 Å². The van der Waals surface area contributed by atoms with Crippen LogP contribution in [0, 0.1) is 6.92 Å². The van der Waals surface area contributed by atoms with E-state index in [1.165, 1.54) is 12.1 Å². The molecule has 0 spiro atoms. The molecule has 3 nitrogen and oxygen atoms in total. The second kappa shape index (κ2) is 5.58. The summed E-state index contributed by atoms with van der Waals surface area (Å²) in [7, 11) is 0. The van der Waals surface area contributed by atoms with E-state index in [1.807, 2.05) is 0 Å². The Morgan fingerprint density at radius 1 is 1.15 bits per heavy atom. The molecule has 0 saturated heterocycles. The third-order valence-corrected chi connectivity index (χ3v) is 2.68. The molecule has 0 saturated carbocycles. The Hall–Kier alpha value is -1.95. The fraction of sp³-hybridized carbons (Fsp3) is 0.286. The second-order valence-electron chi connectivity index (χ2n) is 4.30. The largest absolute Gasteiger partial charge is 0.490 e. The van der Waals surface area contributed by atoms with E-state index in [4.69, 9.17) is 9.15 Å². The molecule has 0 aliphatic heterocycles. The van der Waals surface area contributed by atoms with Gasteiger partial charge in [0.1, 0.15) is 30.0 Å². The normalized spacial score (nSPS) is 13.2. The number of hydrogen-bond acceptors (Lipinski definition) is 3. The van der Waals surface area contributed by atoms with Gasteiger partial charge in [-0.05, 0) is 43.3 Å². The van der Waals surface area contributed by atoms with E-state index in [0.717, 1.165) is 12.1 Å². The highest BCUT2D eigenvalue weighted by molar-refractivity contribution is 5.28. The summed E-state index contributed by atoms with van der Waals surface area (Å²) in [4.78, 5) is 0. The van der Waals surface area contributed by atoms with Gasteiger partial charge in [0.05, 0.1) is 5.56 Å². The van der Waals surface area contributed by atoms with Crippen molar-refractivity contribution < 1.29 is 27.4 Å². The van der Waals surface area contributed by atoms with Crippen molar-refractivity contribution in [3.63, 3.8) is 0 Å². The van der Waals surface area contributed by atoms with Gasteiger partial charge in [0, 0.05) is 0 Å². The monoisotopic (exact) mass is 286 g/mol. The zero-order chi connectivity index (χ0) is 14.8. The lowest BCUT2D eigenvalue weighted by Crippen LogP contribution is -2.09. The van der Waals surface area contributed by atoms with Crippen LogP contribution < -0.4 is 4.74 Å². The highest BCUT2D eigenvalue weighted by atomic mass is 19.4. The van der Waals surface area contributed by atoms with Gasteiger partial charge in [-0.1, -0.05) is 0 Å². The van der Waals surface area contributed by atoms with Gasteiger partial charge in [-0.2, -0.15) is 13.2 Å². The number of hydrogen-bond donors (Lipinski definition) is 1. The number of ether oxygens (including phenoxy) is 1. The lowest BCUT2D eigenvalue weighted by atomic mass is 10.2. The van der Waals surface area contributed by atoms with E-state index < -0.39 is 17.8 Å². The molecular weight excluding hydrogens is 273 g/mol. The van der Waals surface area contributed by atoms with Crippen molar-refractivity contribution in [2.24, 2.45) is 0 Å². The summed E-state index contributed by atoms with van der Waals surface area (Å²) in [6, 6.07) is 7.61. The van der Waals surface area contributed by atoms with E-state index in [9.17, 15) is 18.3 Å². The van der Waals surface area contributed by atoms with Gasteiger partial charge in [0.25, 0.3) is 0 Å². The van der Waals surface area contributed by atoms with Gasteiger partial charge in [-0.3, -0.25) is 0 Å². The number of aryl methyl sites for hydroxylation is 1. The number of aliphatic hydroxyl groups excluding tert-OH is 1. The van der Waals surface area contributed by atoms with Crippen molar-refractivity contribution in [2.75, 3.05) is 6.61 Å². The molecule has 0 radical (unpaired) electrons. The molecule has 1 aromatic heterocycles. The zero-order valence-corrected chi connectivity index (χ0v) is 10.6. The molecule has 108 valence electrons. The van der Waals surface area contributed by atoms with Crippen molar-refractivity contribution >= 4 is 0 Å². The third kappa shape index (κ3) is 3.54. The standard InChI is InChI=1S/C14H13F3O3/c1-9-2-7-13(20-9)12(18)8-19-11-5-3-10(4-6-11)14(15,16)17/h2-7,12,18H,8H2,1H3. The van der Waals surface area contributed by atoms with Crippen LogP contribution in [0.4, 0.5) is 13.2 Å². The molecule has 0 fully saturated rings. The van der Waals surface area contributed by atoms with Crippen molar-refractivity contribution in [2.45, 2.75) is 19.2 Å². The third-order valence-electron chi connectivity index (χ3n) is 2.68. The topological polar surface area (TPSA) is 42.6 Å². The van der Waals surface area contributed by atoms with Gasteiger partial charge >= 0.3 is 6.18 Å². The van der Waals surface area contributed by atoms with Crippen LogP contribution >= 0.6 is 0 Å². The van der Waals surface area contributed by atoms with Gasteiger partial charge in [-0.15, -0.1) is 0 Å². The van der Waals surface area contributed by atoms with Crippen LogP contribution in [0.15, 0.2) is 40.8 Å². The average Bonchev–Trinajstić information content (AvgIpc) is 2.82. The molecule has 6 heteroatoms. The van der Waals surface area contributed by atoms with E-state index in [2.05, 4.69) is 0 Å². The highest BCUT2D eigenvalue weighted by Crippen LogP contribution is 2.30. The Bertz CT molecular complexity index is 558. The van der Waals surface area contributed by atoms with Crippen LogP contribution in [0.5, 0.6) is 5.75 Å². The summed E-state index contributed by atoms with van der Waals surface area (Å²) in [5.41, 5.74) is -0.743. The van der Waals surface area contributed by atoms with Crippen molar-refractivity contribution in [3.05, 3.63) is 53.5 Å². The lowest BCUT2D eigenvalue weighted by molar-refractivity contribution is -0.137. The molecule has 1 heterocycles. The highest BCUT2D eigenvalue weighted by Gasteiger charge is 2.30. The SMILES string of the molecule is Cc1ccc(C(O)COc2ccc(C(F)(F)F)cc2)o1. The summed E-state index contributed by atoms with van der Waals surface area (Å²) in [5, 5.41) is 9.78. The first-order valence-electron chi connectivity index (χ1n) is 5.91. The summed E-state index contributed by atoms with van der Waals surface area (Å²) < 4.78 is 47.5. The number of alkyl halides is 3. The van der Waals surface area contributed by atoms with Crippen molar-refractivity contribution in [1.29, 1.82) is 0 Å². The van der Waals surface area contributed by atoms with E-state index in [1.54, 1.807) is 19.1 Å². The molecule has 1 unspecified atom stereocenters. The molecule has 1 N–H and O–H groups in total. The van der Waals surface area contributed by atoms with Crippen molar-refractivity contribution in [3.8, 4) is 5.75 Å². The fourth-order valence-electron chi connectivity index (χ4n) is 1.63. The maximum absolute atomic E-state index is 12.4. The first-order chi connectivity index (χ1) is 9.36. The van der Waals surface area contributed by atoms with Crippen molar-refractivity contribution in [1.82, 2.24) is 0 Å². The average molecular weight is 286 g/mol. The summed E-state index contributed by atoms with van der Waals surface area (Å²) in [6.45, 7) is 1.64. The minimum absolute atomic E-state index is 0.0989. The molecule has 2 aromatic rings. The predicted octanol–water partition coefficient (Wildman–Crippen LogP) is 3.72. The van der Waals surface area contributed by atoms with Gasteiger partial charge < -0.3 is 14.3 Å². The Labute approximate surface area is 113 Å². The van der Waals surface area contributed by atoms with E-state index in [0.29, 0.717) is 11.5 Å². The summed E-state index contributed by atoms with van der Waals surface area (Å²) >= 11 is 0. The fourth-order valence-corrected chi connectivity index (χ4v) is 1.63.